The SMILES string of the molecule is COc1ccc2cc([C@@H]3CC(c4cccc(Cl)c4)=NN3C(C)=O)c(Cl)nc2c1. The Labute approximate surface area is 172 Å². The maximum Gasteiger partial charge on any atom is 0.240 e. The number of hydrazone groups is 1. The van der Waals surface area contributed by atoms with Crippen LogP contribution in [-0.4, -0.2) is 28.7 Å². The van der Waals surface area contributed by atoms with E-state index in [4.69, 9.17) is 27.9 Å². The summed E-state index contributed by atoms with van der Waals surface area (Å²) in [7, 11) is 1.61. The number of pyridine rings is 1. The predicted octanol–water partition coefficient (Wildman–Crippen LogP) is 5.25. The number of fused-ring (bicyclic) bond motifs is 1. The Kier molecular flexibility index (Phi) is 4.96. The molecule has 1 amide bonds. The van der Waals surface area contributed by atoms with Crippen molar-refractivity contribution in [2.24, 2.45) is 5.10 Å². The van der Waals surface area contributed by atoms with Crippen molar-refractivity contribution in [3.05, 3.63) is 69.8 Å². The molecule has 1 aliphatic rings. The molecule has 0 saturated carbocycles. The number of rotatable bonds is 3. The molecule has 0 bridgehead atoms. The molecular formula is C21H17Cl2N3O2. The summed E-state index contributed by atoms with van der Waals surface area (Å²) in [4.78, 5) is 16.8. The summed E-state index contributed by atoms with van der Waals surface area (Å²) in [6.45, 7) is 1.49. The fourth-order valence-electron chi connectivity index (χ4n) is 3.39. The fraction of sp³-hybridized carbons (Fsp3) is 0.190. The summed E-state index contributed by atoms with van der Waals surface area (Å²) in [5.74, 6) is 0.551. The average Bonchev–Trinajstić information content (AvgIpc) is 3.12. The van der Waals surface area contributed by atoms with Gasteiger partial charge < -0.3 is 4.74 Å². The maximum absolute atomic E-state index is 12.2. The van der Waals surface area contributed by atoms with Crippen molar-refractivity contribution in [2.45, 2.75) is 19.4 Å². The Hall–Kier alpha value is -2.63. The van der Waals surface area contributed by atoms with Crippen LogP contribution >= 0.6 is 23.2 Å². The largest absolute Gasteiger partial charge is 0.497 e. The van der Waals surface area contributed by atoms with Crippen LogP contribution in [0.4, 0.5) is 0 Å². The van der Waals surface area contributed by atoms with Gasteiger partial charge in [-0.2, -0.15) is 5.10 Å². The first-order valence-corrected chi connectivity index (χ1v) is 9.49. The van der Waals surface area contributed by atoms with Crippen molar-refractivity contribution in [1.82, 2.24) is 9.99 Å². The number of ether oxygens (including phenoxy) is 1. The minimum atomic E-state index is -0.321. The highest BCUT2D eigenvalue weighted by molar-refractivity contribution is 6.31. The molecule has 7 heteroatoms. The van der Waals surface area contributed by atoms with Crippen LogP contribution in [0.3, 0.4) is 0 Å². The molecule has 5 nitrogen and oxygen atoms in total. The van der Waals surface area contributed by atoms with Gasteiger partial charge in [-0.25, -0.2) is 9.99 Å². The van der Waals surface area contributed by atoms with E-state index in [0.717, 1.165) is 27.7 Å². The lowest BCUT2D eigenvalue weighted by molar-refractivity contribution is -0.130. The van der Waals surface area contributed by atoms with E-state index in [9.17, 15) is 4.79 Å². The zero-order valence-electron chi connectivity index (χ0n) is 15.3. The molecule has 4 rings (SSSR count). The third-order valence-corrected chi connectivity index (χ3v) is 5.29. The molecule has 2 aromatic carbocycles. The summed E-state index contributed by atoms with van der Waals surface area (Å²) in [5.41, 5.74) is 3.16. The topological polar surface area (TPSA) is 54.8 Å². The van der Waals surface area contributed by atoms with Gasteiger partial charge in [-0.3, -0.25) is 4.79 Å². The van der Waals surface area contributed by atoms with Crippen LogP contribution < -0.4 is 4.74 Å². The predicted molar refractivity (Wildman–Crippen MR) is 111 cm³/mol. The van der Waals surface area contributed by atoms with Gasteiger partial charge in [0.1, 0.15) is 10.9 Å². The van der Waals surface area contributed by atoms with Gasteiger partial charge in [0.05, 0.1) is 24.4 Å². The van der Waals surface area contributed by atoms with Crippen LogP contribution in [0.1, 0.15) is 30.5 Å². The van der Waals surface area contributed by atoms with Gasteiger partial charge in [-0.05, 0) is 35.9 Å². The summed E-state index contributed by atoms with van der Waals surface area (Å²) in [6.07, 6.45) is 0.531. The number of benzene rings is 2. The zero-order chi connectivity index (χ0) is 19.8. The van der Waals surface area contributed by atoms with Gasteiger partial charge in [0.15, 0.2) is 0 Å². The molecule has 1 atom stereocenters. The van der Waals surface area contributed by atoms with Gasteiger partial charge in [-0.15, -0.1) is 0 Å². The monoisotopic (exact) mass is 413 g/mol. The Bertz CT molecular complexity index is 1110. The number of amides is 1. The number of nitrogens with zero attached hydrogens (tertiary/aromatic N) is 3. The second-order valence-corrected chi connectivity index (χ2v) is 7.36. The highest BCUT2D eigenvalue weighted by Crippen LogP contribution is 2.37. The third-order valence-electron chi connectivity index (χ3n) is 4.76. The van der Waals surface area contributed by atoms with Gasteiger partial charge in [0, 0.05) is 35.4 Å². The summed E-state index contributed by atoms with van der Waals surface area (Å²) in [6, 6.07) is 14.7. The Morgan fingerprint density at radius 1 is 1.18 bits per heavy atom. The van der Waals surface area contributed by atoms with Crippen LogP contribution in [0.15, 0.2) is 53.6 Å². The number of aromatic nitrogens is 1. The standard InChI is InChI=1S/C21H17Cl2N3O2/c1-12(27)26-20(11-19(25-26)13-4-3-5-15(22)8-13)17-9-14-6-7-16(28-2)10-18(14)24-21(17)23/h3-10,20H,11H2,1-2H3/t20-/m0/s1. The van der Waals surface area contributed by atoms with Crippen molar-refractivity contribution < 1.29 is 9.53 Å². The first-order valence-electron chi connectivity index (χ1n) is 8.73. The first-order chi connectivity index (χ1) is 13.5. The van der Waals surface area contributed by atoms with Gasteiger partial charge in [0.2, 0.25) is 5.91 Å². The van der Waals surface area contributed by atoms with Crippen molar-refractivity contribution in [3.63, 3.8) is 0 Å². The average molecular weight is 414 g/mol. The number of carbonyl (C=O) groups excluding carboxylic acids is 1. The number of carbonyl (C=O) groups is 1. The second-order valence-electron chi connectivity index (χ2n) is 6.57. The molecule has 0 aliphatic carbocycles. The van der Waals surface area contributed by atoms with Crippen LogP contribution in [0.5, 0.6) is 5.75 Å². The molecule has 0 saturated heterocycles. The minimum absolute atomic E-state index is 0.159. The van der Waals surface area contributed by atoms with E-state index in [-0.39, 0.29) is 11.9 Å². The summed E-state index contributed by atoms with van der Waals surface area (Å²) in [5, 5.41) is 7.89. The van der Waals surface area contributed by atoms with Gasteiger partial charge in [0.25, 0.3) is 0 Å². The number of hydrogen-bond acceptors (Lipinski definition) is 4. The summed E-state index contributed by atoms with van der Waals surface area (Å²) >= 11 is 12.6. The molecule has 1 aliphatic heterocycles. The summed E-state index contributed by atoms with van der Waals surface area (Å²) < 4.78 is 5.25. The Morgan fingerprint density at radius 2 is 2.00 bits per heavy atom. The molecule has 0 unspecified atom stereocenters. The van der Waals surface area contributed by atoms with E-state index in [0.29, 0.717) is 22.3 Å². The normalized spacial score (nSPS) is 16.4. The lowest BCUT2D eigenvalue weighted by atomic mass is 9.98. The molecule has 0 radical (unpaired) electrons. The maximum atomic E-state index is 12.2. The minimum Gasteiger partial charge on any atom is -0.497 e. The molecule has 0 fully saturated rings. The van der Waals surface area contributed by atoms with Crippen LogP contribution in [0.2, 0.25) is 10.2 Å². The number of hydrogen-bond donors (Lipinski definition) is 0. The lowest BCUT2D eigenvalue weighted by Crippen LogP contribution is -2.24. The van der Waals surface area contributed by atoms with Crippen LogP contribution in [-0.2, 0) is 4.79 Å². The van der Waals surface area contributed by atoms with E-state index in [1.54, 1.807) is 13.2 Å². The number of methoxy groups -OCH3 is 1. The zero-order valence-corrected chi connectivity index (χ0v) is 16.8. The molecule has 28 heavy (non-hydrogen) atoms. The van der Waals surface area contributed by atoms with Crippen LogP contribution in [0, 0.1) is 0 Å². The van der Waals surface area contributed by atoms with Crippen molar-refractivity contribution in [1.29, 1.82) is 0 Å². The van der Waals surface area contributed by atoms with E-state index >= 15 is 0 Å². The highest BCUT2D eigenvalue weighted by Gasteiger charge is 2.33. The molecule has 3 aromatic rings. The van der Waals surface area contributed by atoms with Crippen molar-refractivity contribution in [2.75, 3.05) is 7.11 Å². The molecular weight excluding hydrogens is 397 g/mol. The lowest BCUT2D eigenvalue weighted by Gasteiger charge is -2.21. The quantitative estimate of drug-likeness (QED) is 0.551. The van der Waals surface area contributed by atoms with Crippen LogP contribution in [0.25, 0.3) is 10.9 Å². The van der Waals surface area contributed by atoms with E-state index in [2.05, 4.69) is 10.1 Å². The van der Waals surface area contributed by atoms with Crippen molar-refractivity contribution in [3.8, 4) is 5.75 Å². The van der Waals surface area contributed by atoms with Crippen molar-refractivity contribution >= 4 is 45.7 Å². The molecule has 142 valence electrons. The fourth-order valence-corrected chi connectivity index (χ4v) is 3.85. The molecule has 1 aromatic heterocycles. The smallest absolute Gasteiger partial charge is 0.240 e. The molecule has 0 spiro atoms. The van der Waals surface area contributed by atoms with E-state index in [1.807, 2.05) is 42.5 Å². The molecule has 2 heterocycles. The van der Waals surface area contributed by atoms with E-state index < -0.39 is 0 Å². The van der Waals surface area contributed by atoms with E-state index in [1.165, 1.54) is 11.9 Å². The Morgan fingerprint density at radius 3 is 2.71 bits per heavy atom. The number of halogens is 2. The molecule has 0 N–H and O–H groups in total. The first kappa shape index (κ1) is 18.7. The van der Waals surface area contributed by atoms with Gasteiger partial charge in [-0.1, -0.05) is 35.3 Å². The Balaban J connectivity index is 1.75. The second kappa shape index (κ2) is 7.41. The third kappa shape index (κ3) is 3.43. The van der Waals surface area contributed by atoms with Gasteiger partial charge >= 0.3 is 0 Å². The highest BCUT2D eigenvalue weighted by atomic mass is 35.5.